The molecule has 10 heteroatoms. The summed E-state index contributed by atoms with van der Waals surface area (Å²) in [4.78, 5) is 38.1. The lowest BCUT2D eigenvalue weighted by Crippen LogP contribution is -2.43. The molecule has 0 radical (unpaired) electrons. The number of aromatic nitrogens is 1. The van der Waals surface area contributed by atoms with Gasteiger partial charge in [-0.2, -0.15) is 0 Å². The summed E-state index contributed by atoms with van der Waals surface area (Å²) >= 11 is 0. The van der Waals surface area contributed by atoms with Gasteiger partial charge in [0, 0.05) is 24.6 Å². The Bertz CT molecular complexity index is 897. The molecule has 1 heterocycles. The van der Waals surface area contributed by atoms with Crippen molar-refractivity contribution < 1.29 is 34.8 Å². The smallest absolute Gasteiger partial charge is 0.335 e. The number of aliphatic carboxylic acids is 2. The van der Waals surface area contributed by atoms with E-state index < -0.39 is 30.2 Å². The van der Waals surface area contributed by atoms with Gasteiger partial charge in [-0.1, -0.05) is 24.3 Å². The summed E-state index contributed by atoms with van der Waals surface area (Å²) in [6.07, 6.45) is 0.873. The van der Waals surface area contributed by atoms with E-state index in [2.05, 4.69) is 11.1 Å². The maximum Gasteiger partial charge on any atom is 0.335 e. The van der Waals surface area contributed by atoms with Gasteiger partial charge in [0.15, 0.2) is 12.2 Å². The molecular formula is C23H31N3O7. The highest BCUT2D eigenvalue weighted by atomic mass is 16.4. The van der Waals surface area contributed by atoms with Crippen molar-refractivity contribution in [3.63, 3.8) is 0 Å². The van der Waals surface area contributed by atoms with E-state index in [1.807, 2.05) is 49.2 Å². The average molecular weight is 462 g/mol. The number of benzene rings is 1. The van der Waals surface area contributed by atoms with Gasteiger partial charge in [-0.3, -0.25) is 9.78 Å². The number of aryl methyl sites for hydroxylation is 3. The van der Waals surface area contributed by atoms with Crippen LogP contribution in [0, 0.1) is 13.8 Å². The fraction of sp³-hybridized carbons (Fsp3) is 0.391. The Labute approximate surface area is 192 Å². The van der Waals surface area contributed by atoms with E-state index in [9.17, 15) is 14.4 Å². The molecule has 0 spiro atoms. The van der Waals surface area contributed by atoms with E-state index in [0.717, 1.165) is 29.7 Å². The molecule has 0 aliphatic heterocycles. The molecule has 10 nitrogen and oxygen atoms in total. The molecule has 2 rings (SSSR count). The van der Waals surface area contributed by atoms with Crippen LogP contribution in [-0.4, -0.2) is 68.1 Å². The zero-order valence-electron chi connectivity index (χ0n) is 18.9. The second-order valence-corrected chi connectivity index (χ2v) is 7.55. The monoisotopic (exact) mass is 461 g/mol. The number of rotatable bonds is 9. The first-order valence-corrected chi connectivity index (χ1v) is 10.3. The number of pyridine rings is 1. The number of anilines is 1. The summed E-state index contributed by atoms with van der Waals surface area (Å²) in [6, 6.07) is 9.57. The Kier molecular flexibility index (Phi) is 11.1. The van der Waals surface area contributed by atoms with Crippen LogP contribution in [-0.2, 0) is 20.8 Å². The van der Waals surface area contributed by atoms with E-state index in [0.29, 0.717) is 6.54 Å². The summed E-state index contributed by atoms with van der Waals surface area (Å²) in [7, 11) is 0. The highest BCUT2D eigenvalue weighted by Gasteiger charge is 2.29. The molecule has 0 aliphatic carbocycles. The maximum atomic E-state index is 12.6. The summed E-state index contributed by atoms with van der Waals surface area (Å²) in [6.45, 7) is 6.46. The Morgan fingerprint density at radius 2 is 1.55 bits per heavy atom. The van der Waals surface area contributed by atoms with Gasteiger partial charge < -0.3 is 31.1 Å². The Morgan fingerprint density at radius 1 is 1.00 bits per heavy atom. The Hall–Kier alpha value is -3.34. The van der Waals surface area contributed by atoms with Gasteiger partial charge in [0.2, 0.25) is 5.91 Å². The molecule has 0 aliphatic rings. The van der Waals surface area contributed by atoms with Gasteiger partial charge in [0.1, 0.15) is 0 Å². The third-order valence-corrected chi connectivity index (χ3v) is 4.74. The molecule has 0 unspecified atom stereocenters. The third-order valence-electron chi connectivity index (χ3n) is 4.74. The first-order chi connectivity index (χ1) is 15.5. The van der Waals surface area contributed by atoms with Crippen molar-refractivity contribution in [3.05, 3.63) is 59.4 Å². The number of hydrogen-bond acceptors (Lipinski definition) is 7. The average Bonchev–Trinajstić information content (AvgIpc) is 2.77. The topological polar surface area (TPSA) is 174 Å². The molecular weight excluding hydrogens is 430 g/mol. The SMILES string of the molecule is Cc1cccc(C)c1N(CCCc1cccnc1)C(=O)[C@@H](C)N.O=C(O)[C@@H](O)[C@H](O)C(=O)O. The first kappa shape index (κ1) is 27.7. The second kappa shape index (κ2) is 13.3. The van der Waals surface area contributed by atoms with E-state index in [-0.39, 0.29) is 5.91 Å². The Morgan fingerprint density at radius 3 is 1.97 bits per heavy atom. The molecule has 3 atom stereocenters. The molecule has 0 bridgehead atoms. The molecule has 1 amide bonds. The van der Waals surface area contributed by atoms with Crippen molar-refractivity contribution >= 4 is 23.5 Å². The van der Waals surface area contributed by atoms with Crippen molar-refractivity contribution in [2.75, 3.05) is 11.4 Å². The maximum absolute atomic E-state index is 12.6. The van der Waals surface area contributed by atoms with Gasteiger partial charge >= 0.3 is 11.9 Å². The lowest BCUT2D eigenvalue weighted by Gasteiger charge is -2.28. The number of aliphatic hydroxyl groups excluding tert-OH is 2. The number of carbonyl (C=O) groups excluding carboxylic acids is 1. The normalized spacial score (nSPS) is 13.2. The summed E-state index contributed by atoms with van der Waals surface area (Å²) in [5.74, 6) is -3.57. The van der Waals surface area contributed by atoms with Gasteiger partial charge in [-0.25, -0.2) is 9.59 Å². The molecule has 2 aromatic rings. The second-order valence-electron chi connectivity index (χ2n) is 7.55. The Balaban J connectivity index is 0.000000461. The van der Waals surface area contributed by atoms with Gasteiger partial charge in [-0.05, 0) is 56.4 Å². The van der Waals surface area contributed by atoms with Crippen LogP contribution < -0.4 is 10.6 Å². The van der Waals surface area contributed by atoms with Gasteiger partial charge in [0.25, 0.3) is 0 Å². The third kappa shape index (κ3) is 8.60. The quantitative estimate of drug-likeness (QED) is 0.363. The highest BCUT2D eigenvalue weighted by molar-refractivity contribution is 5.98. The molecule has 1 aromatic heterocycles. The fourth-order valence-corrected chi connectivity index (χ4v) is 3.07. The van der Waals surface area contributed by atoms with Crippen LogP contribution in [0.15, 0.2) is 42.7 Å². The molecule has 6 N–H and O–H groups in total. The van der Waals surface area contributed by atoms with Crippen LogP contribution >= 0.6 is 0 Å². The minimum atomic E-state index is -2.27. The van der Waals surface area contributed by atoms with Crippen LogP contribution in [0.25, 0.3) is 0 Å². The molecule has 180 valence electrons. The van der Waals surface area contributed by atoms with Crippen molar-refractivity contribution in [1.29, 1.82) is 0 Å². The van der Waals surface area contributed by atoms with Crippen LogP contribution in [0.1, 0.15) is 30.0 Å². The standard InChI is InChI=1S/C19H25N3O.C4H6O6/c1-14-7-4-8-15(2)18(14)22(19(23)16(3)20)12-6-10-17-9-5-11-21-13-17;5-1(3(7)8)2(6)4(9)10/h4-5,7-9,11,13,16H,6,10,12,20H2,1-3H3;1-2,5-6H,(H,7,8)(H,9,10)/t16-;1-,2-/m10/s1. The number of aliphatic hydroxyl groups is 2. The van der Waals surface area contributed by atoms with E-state index in [1.165, 1.54) is 5.56 Å². The van der Waals surface area contributed by atoms with Crippen LogP contribution in [0.3, 0.4) is 0 Å². The summed E-state index contributed by atoms with van der Waals surface area (Å²) < 4.78 is 0. The first-order valence-electron chi connectivity index (χ1n) is 10.3. The molecule has 0 saturated heterocycles. The van der Waals surface area contributed by atoms with Crippen molar-refractivity contribution in [2.45, 2.75) is 51.9 Å². The predicted octanol–water partition coefficient (Wildman–Crippen LogP) is 0.889. The van der Waals surface area contributed by atoms with E-state index >= 15 is 0 Å². The van der Waals surface area contributed by atoms with E-state index in [4.69, 9.17) is 26.2 Å². The number of carboxylic acids is 2. The summed E-state index contributed by atoms with van der Waals surface area (Å²) in [5.41, 5.74) is 10.2. The largest absolute Gasteiger partial charge is 0.479 e. The van der Waals surface area contributed by atoms with Gasteiger partial charge in [-0.15, -0.1) is 0 Å². The zero-order chi connectivity index (χ0) is 25.1. The number of nitrogens with two attached hydrogens (primary N) is 1. The predicted molar refractivity (Wildman–Crippen MR) is 122 cm³/mol. The van der Waals surface area contributed by atoms with Gasteiger partial charge in [0.05, 0.1) is 6.04 Å². The van der Waals surface area contributed by atoms with Crippen molar-refractivity contribution in [1.82, 2.24) is 4.98 Å². The molecule has 33 heavy (non-hydrogen) atoms. The number of carbonyl (C=O) groups is 3. The molecule has 0 saturated carbocycles. The van der Waals surface area contributed by atoms with Crippen LogP contribution in [0.4, 0.5) is 5.69 Å². The zero-order valence-corrected chi connectivity index (χ0v) is 18.9. The van der Waals surface area contributed by atoms with Crippen LogP contribution in [0.5, 0.6) is 0 Å². The van der Waals surface area contributed by atoms with Crippen molar-refractivity contribution in [2.24, 2.45) is 5.73 Å². The summed E-state index contributed by atoms with van der Waals surface area (Å²) in [5, 5.41) is 32.5. The minimum Gasteiger partial charge on any atom is -0.479 e. The van der Waals surface area contributed by atoms with E-state index in [1.54, 1.807) is 13.1 Å². The van der Waals surface area contributed by atoms with Crippen LogP contribution in [0.2, 0.25) is 0 Å². The molecule has 0 fully saturated rings. The number of para-hydroxylation sites is 1. The minimum absolute atomic E-state index is 0.0337. The number of amides is 1. The lowest BCUT2D eigenvalue weighted by molar-refractivity contribution is -0.165. The number of carboxylic acid groups (broad SMARTS) is 2. The number of hydrogen-bond donors (Lipinski definition) is 5. The molecule has 1 aromatic carbocycles. The number of nitrogens with zero attached hydrogens (tertiary/aromatic N) is 2. The lowest BCUT2D eigenvalue weighted by atomic mass is 10.1. The highest BCUT2D eigenvalue weighted by Crippen LogP contribution is 2.25. The fourth-order valence-electron chi connectivity index (χ4n) is 3.07. The van der Waals surface area contributed by atoms with Crippen molar-refractivity contribution in [3.8, 4) is 0 Å².